The summed E-state index contributed by atoms with van der Waals surface area (Å²) in [7, 11) is -4.71. The molecule has 2 aromatic heterocycles. The molecular formula is C54H66N8O9S. The van der Waals surface area contributed by atoms with Crippen molar-refractivity contribution >= 4 is 44.0 Å². The van der Waals surface area contributed by atoms with Crippen molar-refractivity contribution in [3.8, 4) is 23.1 Å². The standard InChI is InChI=1S/C54H66N8O9S/c1-33(2)40-7-4-5-8-41(40)44-9-6-22-61(44)37-29-54(30-37)18-23-60(24-19-54)36-10-11-42(46(26-36)71-48-25-35-14-21-56-50(35)58-52(48)70-38-15-20-55-31-38)51(63)59-72(67,68)39-27-45(62(65)66)49-47(28-39)69-32-43(57-49)34-12-16-53(3,64)17-13-34/h4-5,7-8,10-11,14,21,25-28,33-34,37-38,43-44,55,57,64H,6,9,12-13,15-20,22-24,29-32H2,1-3H3,(H,56,58)(H,59,63)/t34?,38-,43+,44-,53?/m0/s1. The first-order chi connectivity index (χ1) is 34.6. The van der Waals surface area contributed by atoms with Gasteiger partial charge < -0.3 is 39.8 Å². The Balaban J connectivity index is 0.842. The van der Waals surface area contributed by atoms with Crippen molar-refractivity contribution in [2.24, 2.45) is 11.3 Å². The van der Waals surface area contributed by atoms with Crippen LogP contribution in [0, 0.1) is 21.4 Å². The molecule has 72 heavy (non-hydrogen) atoms. The fraction of sp³-hybridized carbons (Fsp3) is 0.519. The van der Waals surface area contributed by atoms with Gasteiger partial charge in [-0.1, -0.05) is 38.1 Å². The Labute approximate surface area is 420 Å². The second-order valence-corrected chi connectivity index (χ2v) is 23.5. The van der Waals surface area contributed by atoms with Crippen molar-refractivity contribution < 1.29 is 37.5 Å². The molecule has 3 atom stereocenters. The molecule has 5 fully saturated rings. The number of carbonyl (C=O) groups is 1. The van der Waals surface area contributed by atoms with E-state index in [4.69, 9.17) is 19.2 Å². The molecule has 17 nitrogen and oxygen atoms in total. The van der Waals surface area contributed by atoms with Crippen molar-refractivity contribution in [1.29, 1.82) is 0 Å². The van der Waals surface area contributed by atoms with E-state index in [0.29, 0.717) is 55.9 Å². The van der Waals surface area contributed by atoms with E-state index in [1.807, 2.05) is 19.1 Å². The van der Waals surface area contributed by atoms with Gasteiger partial charge in [0, 0.05) is 67.2 Å². The number of benzene rings is 3. The summed E-state index contributed by atoms with van der Waals surface area (Å²) >= 11 is 0. The molecule has 382 valence electrons. The highest BCUT2D eigenvalue weighted by Gasteiger charge is 2.50. The molecule has 1 spiro atoms. The highest BCUT2D eigenvalue weighted by atomic mass is 32.2. The Bertz CT molecular complexity index is 2960. The van der Waals surface area contributed by atoms with E-state index in [0.717, 1.165) is 62.6 Å². The maximum Gasteiger partial charge on any atom is 0.297 e. The van der Waals surface area contributed by atoms with Gasteiger partial charge >= 0.3 is 0 Å². The number of carbonyl (C=O) groups excluding carboxylic acids is 1. The van der Waals surface area contributed by atoms with Crippen LogP contribution in [0.1, 0.15) is 125 Å². The number of nitrogens with zero attached hydrogens (tertiary/aromatic N) is 4. The quantitative estimate of drug-likeness (QED) is 0.0551. The van der Waals surface area contributed by atoms with Crippen LogP contribution in [0.15, 0.2) is 77.8 Å². The zero-order chi connectivity index (χ0) is 49.9. The molecule has 6 aliphatic rings. The minimum Gasteiger partial charge on any atom is -0.489 e. The van der Waals surface area contributed by atoms with E-state index in [1.54, 1.807) is 24.4 Å². The van der Waals surface area contributed by atoms with E-state index < -0.39 is 37.0 Å². The Hall–Kier alpha value is -5.95. The summed E-state index contributed by atoms with van der Waals surface area (Å²) < 4.78 is 49.6. The van der Waals surface area contributed by atoms with E-state index in [9.17, 15) is 28.4 Å². The first-order valence-electron chi connectivity index (χ1n) is 25.9. The Morgan fingerprint density at radius 1 is 0.986 bits per heavy atom. The van der Waals surface area contributed by atoms with Gasteiger partial charge in [0.05, 0.1) is 27.0 Å². The van der Waals surface area contributed by atoms with E-state index >= 15 is 0 Å². The summed E-state index contributed by atoms with van der Waals surface area (Å²) in [5, 5.41) is 30.3. The molecule has 2 aliphatic carbocycles. The molecule has 1 amide bonds. The number of anilines is 2. The average molecular weight is 1000 g/mol. The van der Waals surface area contributed by atoms with Crippen LogP contribution in [0.4, 0.5) is 17.1 Å². The zero-order valence-electron chi connectivity index (χ0n) is 41.3. The van der Waals surface area contributed by atoms with Crippen LogP contribution < -0.4 is 34.5 Å². The first kappa shape index (κ1) is 48.3. The molecule has 4 aliphatic heterocycles. The number of hydrogen-bond donors (Lipinski definition) is 5. The summed E-state index contributed by atoms with van der Waals surface area (Å²) in [6, 6.07) is 20.7. The fourth-order valence-corrected chi connectivity index (χ4v) is 13.5. The Morgan fingerprint density at radius 3 is 2.53 bits per heavy atom. The minimum atomic E-state index is -4.71. The molecular weight excluding hydrogens is 937 g/mol. The molecule has 0 radical (unpaired) electrons. The number of nitrogens with one attached hydrogen (secondary N) is 4. The van der Waals surface area contributed by atoms with E-state index in [2.05, 4.69) is 68.3 Å². The predicted molar refractivity (Wildman–Crippen MR) is 274 cm³/mol. The number of sulfonamides is 1. The van der Waals surface area contributed by atoms with Crippen LogP contribution in [0.3, 0.4) is 0 Å². The summed E-state index contributed by atoms with van der Waals surface area (Å²) in [6.45, 7) is 10.7. The molecule has 0 unspecified atom stereocenters. The number of pyridine rings is 1. The van der Waals surface area contributed by atoms with Crippen molar-refractivity contribution in [2.45, 2.75) is 132 Å². The van der Waals surface area contributed by atoms with Gasteiger partial charge in [0.2, 0.25) is 0 Å². The first-order valence-corrected chi connectivity index (χ1v) is 27.4. The third-order valence-electron chi connectivity index (χ3n) is 16.7. The Morgan fingerprint density at radius 2 is 1.78 bits per heavy atom. The monoisotopic (exact) mass is 1000 g/mol. The minimum absolute atomic E-state index is 0.00418. The van der Waals surface area contributed by atoms with Gasteiger partial charge in [-0.05, 0) is 143 Å². The summed E-state index contributed by atoms with van der Waals surface area (Å²) in [6.07, 6.45) is 11.8. The van der Waals surface area contributed by atoms with E-state index in [-0.39, 0.29) is 64.5 Å². The highest BCUT2D eigenvalue weighted by molar-refractivity contribution is 7.90. The fourth-order valence-electron chi connectivity index (χ4n) is 12.5. The summed E-state index contributed by atoms with van der Waals surface area (Å²) in [5.41, 5.74) is 3.39. The van der Waals surface area contributed by atoms with Gasteiger partial charge in [0.25, 0.3) is 27.5 Å². The van der Waals surface area contributed by atoms with Crippen LogP contribution in [-0.2, 0) is 10.0 Å². The number of amides is 1. The number of aromatic nitrogens is 2. The number of H-pyrrole nitrogens is 1. The maximum atomic E-state index is 14.4. The second-order valence-electron chi connectivity index (χ2n) is 21.9. The smallest absolute Gasteiger partial charge is 0.297 e. The molecule has 3 aromatic carbocycles. The SMILES string of the molecule is CC(C)c1ccccc1[C@@H]1CCCN1C1CC2(CCN(c3ccc(C(=O)NS(=O)(=O)c4cc5c(c([N+](=O)[O-])c4)N[C@@H](C4CCC(C)(O)CC4)CO5)c(Oc4cc5cc[nH]c5nc4O[C@H]4CCNC4)c3)CC2)C1. The number of aromatic amines is 1. The third kappa shape index (κ3) is 9.58. The Kier molecular flexibility index (Phi) is 12.9. The van der Waals surface area contributed by atoms with Gasteiger partial charge in [-0.25, -0.2) is 13.1 Å². The van der Waals surface area contributed by atoms with Gasteiger partial charge in [-0.2, -0.15) is 4.98 Å². The number of nitro groups is 1. The van der Waals surface area contributed by atoms with Crippen molar-refractivity contribution in [3.05, 3.63) is 99.7 Å². The van der Waals surface area contributed by atoms with Crippen LogP contribution in [-0.4, -0.2) is 102 Å². The number of nitro benzene ring substituents is 1. The number of hydrogen-bond acceptors (Lipinski definition) is 14. The molecule has 11 rings (SSSR count). The lowest BCUT2D eigenvalue weighted by molar-refractivity contribution is -0.384. The van der Waals surface area contributed by atoms with Crippen LogP contribution in [0.25, 0.3) is 11.0 Å². The number of ether oxygens (including phenoxy) is 3. The normalized spacial score (nSPS) is 25.4. The second kappa shape index (κ2) is 19.1. The molecule has 6 heterocycles. The van der Waals surface area contributed by atoms with Crippen molar-refractivity contribution in [3.63, 3.8) is 0 Å². The number of aliphatic hydroxyl groups is 1. The lowest BCUT2D eigenvalue weighted by Gasteiger charge is -2.56. The molecule has 18 heteroatoms. The highest BCUT2D eigenvalue weighted by Crippen LogP contribution is 2.54. The molecule has 5 aromatic rings. The third-order valence-corrected chi connectivity index (χ3v) is 18.0. The topological polar surface area (TPSA) is 214 Å². The number of piperidine rings is 1. The zero-order valence-corrected chi connectivity index (χ0v) is 42.1. The molecule has 0 bridgehead atoms. The largest absolute Gasteiger partial charge is 0.489 e. The number of rotatable bonds is 13. The van der Waals surface area contributed by atoms with Crippen LogP contribution >= 0.6 is 0 Å². The lowest BCUT2D eigenvalue weighted by atomic mass is 9.59. The predicted octanol–water partition coefficient (Wildman–Crippen LogP) is 8.95. The van der Waals surface area contributed by atoms with Crippen molar-refractivity contribution in [1.82, 2.24) is 24.9 Å². The maximum absolute atomic E-state index is 14.4. The van der Waals surface area contributed by atoms with Gasteiger partial charge in [-0.15, -0.1) is 0 Å². The average Bonchev–Trinajstić information content (AvgIpc) is 4.16. The van der Waals surface area contributed by atoms with Crippen molar-refractivity contribution in [2.75, 3.05) is 49.5 Å². The molecule has 2 saturated carbocycles. The number of likely N-dealkylation sites (tertiary alicyclic amines) is 1. The number of fused-ring (bicyclic) bond motifs is 2. The van der Waals surface area contributed by atoms with Crippen LogP contribution in [0.5, 0.6) is 23.1 Å². The van der Waals surface area contributed by atoms with E-state index in [1.165, 1.54) is 42.9 Å². The van der Waals surface area contributed by atoms with Crippen LogP contribution in [0.2, 0.25) is 0 Å². The molecule has 5 N–H and O–H groups in total. The molecule has 3 saturated heterocycles. The van der Waals surface area contributed by atoms with Gasteiger partial charge in [-0.3, -0.25) is 19.8 Å². The van der Waals surface area contributed by atoms with Gasteiger partial charge in [0.15, 0.2) is 17.2 Å². The van der Waals surface area contributed by atoms with Gasteiger partial charge in [0.1, 0.15) is 24.1 Å². The summed E-state index contributed by atoms with van der Waals surface area (Å²) in [5.74, 6) is 0.158. The lowest BCUT2D eigenvalue weighted by Crippen LogP contribution is -2.54. The summed E-state index contributed by atoms with van der Waals surface area (Å²) in [4.78, 5) is 38.8.